The van der Waals surface area contributed by atoms with E-state index in [1.54, 1.807) is 6.92 Å². The molecule has 1 heterocycles. The fraction of sp³-hybridized carbons (Fsp3) is 0.722. The first-order valence-corrected chi connectivity index (χ1v) is 8.92. The quantitative estimate of drug-likeness (QED) is 0.493. The van der Waals surface area contributed by atoms with Crippen LogP contribution in [0.15, 0.2) is 12.2 Å². The number of amides is 3. The van der Waals surface area contributed by atoms with Gasteiger partial charge in [0.05, 0.1) is 11.8 Å². The topological polar surface area (TPSA) is 66.5 Å². The number of nitrogens with zero attached hydrogens (tertiary/aromatic N) is 1. The Balaban J connectivity index is 1.65. The Morgan fingerprint density at radius 3 is 2.09 bits per heavy atom. The molecule has 23 heavy (non-hydrogen) atoms. The molecule has 126 valence electrons. The Labute approximate surface area is 137 Å². The van der Waals surface area contributed by atoms with Crippen molar-refractivity contribution in [3.05, 3.63) is 12.2 Å². The number of likely N-dealkylation sites (tertiary alicyclic amines) is 1. The first-order valence-electron chi connectivity index (χ1n) is 8.92. The number of allylic oxidation sites excluding steroid dienone is 2. The fourth-order valence-electron chi connectivity index (χ4n) is 4.07. The monoisotopic (exact) mass is 318 g/mol. The van der Waals surface area contributed by atoms with Gasteiger partial charge >= 0.3 is 0 Å². The molecular weight excluding hydrogens is 292 g/mol. The molecule has 3 atom stereocenters. The average molecular weight is 318 g/mol. The van der Waals surface area contributed by atoms with Crippen molar-refractivity contribution in [3.8, 4) is 0 Å². The van der Waals surface area contributed by atoms with Gasteiger partial charge in [0.1, 0.15) is 6.04 Å². The number of carbonyl (C=O) groups is 3. The molecule has 0 spiro atoms. The van der Waals surface area contributed by atoms with E-state index in [4.69, 9.17) is 0 Å². The van der Waals surface area contributed by atoms with Crippen LogP contribution in [0.2, 0.25) is 0 Å². The lowest BCUT2D eigenvalue weighted by molar-refractivity contribution is -0.147. The van der Waals surface area contributed by atoms with Crippen molar-refractivity contribution in [1.29, 1.82) is 0 Å². The van der Waals surface area contributed by atoms with Gasteiger partial charge in [-0.1, -0.05) is 37.8 Å². The Morgan fingerprint density at radius 2 is 1.57 bits per heavy atom. The van der Waals surface area contributed by atoms with Gasteiger partial charge in [0.15, 0.2) is 0 Å². The molecule has 0 radical (unpaired) electrons. The Kier molecular flexibility index (Phi) is 4.83. The molecule has 3 aliphatic rings. The first-order chi connectivity index (χ1) is 11.1. The van der Waals surface area contributed by atoms with Crippen LogP contribution in [-0.2, 0) is 14.4 Å². The number of carbonyl (C=O) groups excluding carboxylic acids is 3. The zero-order valence-corrected chi connectivity index (χ0v) is 13.8. The number of rotatable bonds is 3. The summed E-state index contributed by atoms with van der Waals surface area (Å²) in [6.45, 7) is 1.67. The summed E-state index contributed by atoms with van der Waals surface area (Å²) in [7, 11) is 0. The van der Waals surface area contributed by atoms with E-state index in [-0.39, 0.29) is 35.6 Å². The van der Waals surface area contributed by atoms with Gasteiger partial charge in [-0.05, 0) is 32.6 Å². The van der Waals surface area contributed by atoms with Crippen molar-refractivity contribution in [2.45, 2.75) is 70.4 Å². The van der Waals surface area contributed by atoms with Crippen LogP contribution in [0, 0.1) is 11.8 Å². The molecule has 3 rings (SSSR count). The highest BCUT2D eigenvalue weighted by Crippen LogP contribution is 2.36. The summed E-state index contributed by atoms with van der Waals surface area (Å²) in [5.41, 5.74) is 0. The zero-order valence-electron chi connectivity index (χ0n) is 13.8. The zero-order chi connectivity index (χ0) is 16.4. The highest BCUT2D eigenvalue weighted by atomic mass is 16.2. The van der Waals surface area contributed by atoms with Gasteiger partial charge in [-0.25, -0.2) is 0 Å². The van der Waals surface area contributed by atoms with Crippen LogP contribution in [0.25, 0.3) is 0 Å². The summed E-state index contributed by atoms with van der Waals surface area (Å²) >= 11 is 0. The molecule has 0 aromatic carbocycles. The minimum Gasteiger partial charge on any atom is -0.352 e. The highest BCUT2D eigenvalue weighted by Gasteiger charge is 2.50. The van der Waals surface area contributed by atoms with E-state index in [0.717, 1.165) is 25.7 Å². The van der Waals surface area contributed by atoms with Crippen molar-refractivity contribution in [2.75, 3.05) is 0 Å². The van der Waals surface area contributed by atoms with Crippen LogP contribution in [-0.4, -0.2) is 34.7 Å². The van der Waals surface area contributed by atoms with Crippen molar-refractivity contribution in [2.24, 2.45) is 11.8 Å². The molecule has 1 aliphatic heterocycles. The maximum absolute atomic E-state index is 12.5. The maximum Gasteiger partial charge on any atom is 0.243 e. The van der Waals surface area contributed by atoms with Crippen molar-refractivity contribution in [1.82, 2.24) is 10.2 Å². The third-order valence-electron chi connectivity index (χ3n) is 5.51. The number of fused-ring (bicyclic) bond motifs is 1. The third-order valence-corrected chi connectivity index (χ3v) is 5.51. The van der Waals surface area contributed by atoms with Gasteiger partial charge in [0.2, 0.25) is 17.7 Å². The number of nitrogens with one attached hydrogen (secondary N) is 1. The van der Waals surface area contributed by atoms with Gasteiger partial charge in [-0.15, -0.1) is 0 Å². The molecule has 0 aromatic rings. The van der Waals surface area contributed by atoms with Gasteiger partial charge in [0.25, 0.3) is 0 Å². The summed E-state index contributed by atoms with van der Waals surface area (Å²) in [6, 6.07) is -0.520. The summed E-state index contributed by atoms with van der Waals surface area (Å²) in [4.78, 5) is 38.8. The van der Waals surface area contributed by atoms with Gasteiger partial charge in [-0.3, -0.25) is 19.3 Å². The normalized spacial score (nSPS) is 30.0. The second kappa shape index (κ2) is 6.85. The van der Waals surface area contributed by atoms with Crippen LogP contribution >= 0.6 is 0 Å². The van der Waals surface area contributed by atoms with Gasteiger partial charge < -0.3 is 5.32 Å². The van der Waals surface area contributed by atoms with Crippen LogP contribution < -0.4 is 5.32 Å². The minimum absolute atomic E-state index is 0.173. The molecular formula is C18H26N2O3. The molecule has 0 unspecified atom stereocenters. The lowest BCUT2D eigenvalue weighted by Gasteiger charge is -2.25. The van der Waals surface area contributed by atoms with E-state index in [0.29, 0.717) is 12.8 Å². The fourth-order valence-corrected chi connectivity index (χ4v) is 4.07. The van der Waals surface area contributed by atoms with Crippen LogP contribution in [0.4, 0.5) is 0 Å². The SMILES string of the molecule is C[C@@H](C(=O)NC1CCCCCC1)N1C(=O)[C@H]2CC=CC[C@@H]2C1=O. The number of hydrogen-bond acceptors (Lipinski definition) is 3. The predicted octanol–water partition coefficient (Wildman–Crippen LogP) is 2.17. The molecule has 1 saturated carbocycles. The molecule has 0 aromatic heterocycles. The summed E-state index contributed by atoms with van der Waals surface area (Å²) in [5, 5.41) is 3.06. The second-order valence-electron chi connectivity index (χ2n) is 7.08. The first kappa shape index (κ1) is 16.2. The second-order valence-corrected chi connectivity index (χ2v) is 7.08. The average Bonchev–Trinajstić information content (AvgIpc) is 2.74. The molecule has 2 aliphatic carbocycles. The van der Waals surface area contributed by atoms with E-state index in [1.807, 2.05) is 12.2 Å². The number of imide groups is 1. The standard InChI is InChI=1S/C18H26N2O3/c1-12(16(21)19-13-8-4-2-3-5-9-13)20-17(22)14-10-6-7-11-15(14)18(20)23/h6-7,12-15H,2-5,8-11H2,1H3,(H,19,21)/t12-,14-,15-/m0/s1. The van der Waals surface area contributed by atoms with E-state index < -0.39 is 6.04 Å². The lowest BCUT2D eigenvalue weighted by atomic mass is 9.85. The molecule has 0 bridgehead atoms. The largest absolute Gasteiger partial charge is 0.352 e. The molecule has 2 fully saturated rings. The Hall–Kier alpha value is -1.65. The molecule has 5 nitrogen and oxygen atoms in total. The molecule has 3 amide bonds. The van der Waals surface area contributed by atoms with E-state index in [2.05, 4.69) is 5.32 Å². The lowest BCUT2D eigenvalue weighted by Crippen LogP contribution is -2.50. The molecule has 1 saturated heterocycles. The van der Waals surface area contributed by atoms with Crippen LogP contribution in [0.1, 0.15) is 58.3 Å². The molecule has 1 N–H and O–H groups in total. The van der Waals surface area contributed by atoms with E-state index >= 15 is 0 Å². The summed E-state index contributed by atoms with van der Waals surface area (Å²) in [6.07, 6.45) is 11.9. The van der Waals surface area contributed by atoms with Gasteiger partial charge in [-0.2, -0.15) is 0 Å². The van der Waals surface area contributed by atoms with Crippen molar-refractivity contribution >= 4 is 17.7 Å². The van der Waals surface area contributed by atoms with E-state index in [1.165, 1.54) is 17.7 Å². The Bertz CT molecular complexity index is 494. The minimum atomic E-state index is -0.705. The van der Waals surface area contributed by atoms with Crippen molar-refractivity contribution < 1.29 is 14.4 Å². The smallest absolute Gasteiger partial charge is 0.243 e. The van der Waals surface area contributed by atoms with E-state index in [9.17, 15) is 14.4 Å². The maximum atomic E-state index is 12.5. The van der Waals surface area contributed by atoms with Crippen LogP contribution in [0.5, 0.6) is 0 Å². The predicted molar refractivity (Wildman–Crippen MR) is 86.3 cm³/mol. The summed E-state index contributed by atoms with van der Waals surface area (Å²) < 4.78 is 0. The Morgan fingerprint density at radius 1 is 1.04 bits per heavy atom. The number of hydrogen-bond donors (Lipinski definition) is 1. The van der Waals surface area contributed by atoms with Crippen molar-refractivity contribution in [3.63, 3.8) is 0 Å². The van der Waals surface area contributed by atoms with Crippen LogP contribution in [0.3, 0.4) is 0 Å². The third kappa shape index (κ3) is 3.19. The molecule has 5 heteroatoms. The van der Waals surface area contributed by atoms with Gasteiger partial charge in [0, 0.05) is 6.04 Å². The highest BCUT2D eigenvalue weighted by molar-refractivity contribution is 6.08. The summed E-state index contributed by atoms with van der Waals surface area (Å²) in [5.74, 6) is -1.06.